The molecule has 0 aliphatic carbocycles. The molecule has 2 nitrogen and oxygen atoms in total. The predicted molar refractivity (Wildman–Crippen MR) is 72.0 cm³/mol. The summed E-state index contributed by atoms with van der Waals surface area (Å²) in [6.45, 7) is 4.05. The van der Waals surface area contributed by atoms with Crippen LogP contribution in [0.25, 0.3) is 0 Å². The fourth-order valence-electron chi connectivity index (χ4n) is 2.04. The van der Waals surface area contributed by atoms with Crippen LogP contribution in [0.5, 0.6) is 0 Å². The average Bonchev–Trinajstić information content (AvgIpc) is 2.41. The Morgan fingerprint density at radius 1 is 1.10 bits per heavy atom. The number of rotatable bonds is 7. The molecular formula is C15H20F3NO. The molecule has 0 saturated carbocycles. The van der Waals surface area contributed by atoms with Gasteiger partial charge in [0.1, 0.15) is 0 Å². The molecule has 0 heterocycles. The molecule has 0 aromatic heterocycles. The number of carbonyl (C=O) groups excluding carboxylic acids is 1. The number of carbonyl (C=O) groups is 1. The van der Waals surface area contributed by atoms with Gasteiger partial charge in [-0.15, -0.1) is 0 Å². The van der Waals surface area contributed by atoms with Crippen LogP contribution in [-0.2, 0) is 0 Å². The highest BCUT2D eigenvalue weighted by molar-refractivity contribution is 5.94. The summed E-state index contributed by atoms with van der Waals surface area (Å²) in [5.41, 5.74) is -0.195. The van der Waals surface area contributed by atoms with Gasteiger partial charge in [-0.25, -0.2) is 13.2 Å². The zero-order chi connectivity index (χ0) is 15.1. The smallest absolute Gasteiger partial charge is 0.251 e. The summed E-state index contributed by atoms with van der Waals surface area (Å²) in [6.07, 6.45) is 4.51. The van der Waals surface area contributed by atoms with Crippen LogP contribution < -0.4 is 5.32 Å². The zero-order valence-corrected chi connectivity index (χ0v) is 11.8. The maximum Gasteiger partial charge on any atom is 0.251 e. The monoisotopic (exact) mass is 287 g/mol. The van der Waals surface area contributed by atoms with E-state index in [-0.39, 0.29) is 11.6 Å². The largest absolute Gasteiger partial charge is 0.349 e. The van der Waals surface area contributed by atoms with E-state index >= 15 is 0 Å². The number of hydrogen-bond acceptors (Lipinski definition) is 1. The molecule has 1 unspecified atom stereocenters. The number of amides is 1. The molecule has 0 aliphatic rings. The van der Waals surface area contributed by atoms with Gasteiger partial charge in [-0.3, -0.25) is 4.79 Å². The zero-order valence-electron chi connectivity index (χ0n) is 11.8. The van der Waals surface area contributed by atoms with Crippen molar-refractivity contribution in [1.29, 1.82) is 0 Å². The van der Waals surface area contributed by atoms with Gasteiger partial charge in [-0.2, -0.15) is 0 Å². The number of hydrogen-bond donors (Lipinski definition) is 1. The fourth-order valence-corrected chi connectivity index (χ4v) is 2.04. The number of benzene rings is 1. The molecule has 1 aromatic carbocycles. The maximum absolute atomic E-state index is 13.1. The first kappa shape index (κ1) is 16.5. The normalized spacial score (nSPS) is 12.2. The Bertz CT molecular complexity index is 439. The fraction of sp³-hybridized carbons (Fsp3) is 0.533. The third kappa shape index (κ3) is 4.54. The van der Waals surface area contributed by atoms with Crippen molar-refractivity contribution in [2.75, 3.05) is 0 Å². The standard InChI is InChI=1S/C15H20F3NO/c1-3-5-7-11(6-4-2)19-15(20)10-8-12(16)14(18)13(17)9-10/h8-9,11H,3-7H2,1-2H3,(H,19,20). The minimum Gasteiger partial charge on any atom is -0.349 e. The molecule has 0 aliphatic heterocycles. The lowest BCUT2D eigenvalue weighted by Gasteiger charge is -2.18. The highest BCUT2D eigenvalue weighted by Crippen LogP contribution is 2.14. The Balaban J connectivity index is 2.78. The van der Waals surface area contributed by atoms with E-state index in [9.17, 15) is 18.0 Å². The van der Waals surface area contributed by atoms with Gasteiger partial charge < -0.3 is 5.32 Å². The summed E-state index contributed by atoms with van der Waals surface area (Å²) in [5.74, 6) is -4.83. The van der Waals surface area contributed by atoms with Gasteiger partial charge in [0.15, 0.2) is 17.5 Å². The van der Waals surface area contributed by atoms with Gasteiger partial charge in [0.05, 0.1) is 0 Å². The molecular weight excluding hydrogens is 267 g/mol. The van der Waals surface area contributed by atoms with Crippen molar-refractivity contribution in [2.45, 2.75) is 52.0 Å². The molecule has 0 spiro atoms. The molecule has 0 bridgehead atoms. The molecule has 0 fully saturated rings. The highest BCUT2D eigenvalue weighted by atomic mass is 19.2. The summed E-state index contributed by atoms with van der Waals surface area (Å²) >= 11 is 0. The quantitative estimate of drug-likeness (QED) is 0.748. The lowest BCUT2D eigenvalue weighted by molar-refractivity contribution is 0.0931. The molecule has 5 heteroatoms. The van der Waals surface area contributed by atoms with Crippen molar-refractivity contribution in [2.24, 2.45) is 0 Å². The summed E-state index contributed by atoms with van der Waals surface area (Å²) < 4.78 is 39.0. The van der Waals surface area contributed by atoms with E-state index in [2.05, 4.69) is 12.2 Å². The van der Waals surface area contributed by atoms with Gasteiger partial charge in [-0.05, 0) is 25.0 Å². The molecule has 20 heavy (non-hydrogen) atoms. The van der Waals surface area contributed by atoms with E-state index in [1.807, 2.05) is 6.92 Å². The van der Waals surface area contributed by atoms with Gasteiger partial charge in [-0.1, -0.05) is 33.1 Å². The van der Waals surface area contributed by atoms with Gasteiger partial charge in [0, 0.05) is 11.6 Å². The van der Waals surface area contributed by atoms with E-state index in [1.54, 1.807) is 0 Å². The third-order valence-corrected chi connectivity index (χ3v) is 3.12. The number of nitrogens with one attached hydrogen (secondary N) is 1. The minimum absolute atomic E-state index is 0.0244. The number of halogens is 3. The topological polar surface area (TPSA) is 29.1 Å². The first-order valence-corrected chi connectivity index (χ1v) is 6.95. The summed E-state index contributed by atoms with van der Waals surface area (Å²) in [4.78, 5) is 11.9. The Morgan fingerprint density at radius 2 is 1.70 bits per heavy atom. The van der Waals surface area contributed by atoms with Crippen LogP contribution in [0.4, 0.5) is 13.2 Å². The second-order valence-electron chi connectivity index (χ2n) is 4.86. The van der Waals surface area contributed by atoms with Crippen LogP contribution >= 0.6 is 0 Å². The van der Waals surface area contributed by atoms with Crippen molar-refractivity contribution in [3.8, 4) is 0 Å². The molecule has 0 saturated heterocycles. The Morgan fingerprint density at radius 3 is 2.20 bits per heavy atom. The van der Waals surface area contributed by atoms with Crippen molar-refractivity contribution >= 4 is 5.91 Å². The first-order valence-electron chi connectivity index (χ1n) is 6.95. The van der Waals surface area contributed by atoms with E-state index in [0.29, 0.717) is 0 Å². The molecule has 0 radical (unpaired) electrons. The summed E-state index contributed by atoms with van der Waals surface area (Å²) in [5, 5.41) is 2.75. The van der Waals surface area contributed by atoms with Crippen molar-refractivity contribution in [3.63, 3.8) is 0 Å². The van der Waals surface area contributed by atoms with Gasteiger partial charge in [0.25, 0.3) is 5.91 Å². The lowest BCUT2D eigenvalue weighted by Crippen LogP contribution is -2.35. The van der Waals surface area contributed by atoms with Crippen molar-refractivity contribution in [3.05, 3.63) is 35.1 Å². The second kappa shape index (κ2) is 7.92. The van der Waals surface area contributed by atoms with Crippen LogP contribution in [-0.4, -0.2) is 11.9 Å². The van der Waals surface area contributed by atoms with Crippen molar-refractivity contribution < 1.29 is 18.0 Å². The SMILES string of the molecule is CCCCC(CCC)NC(=O)c1cc(F)c(F)c(F)c1. The van der Waals surface area contributed by atoms with Crippen LogP contribution in [0, 0.1) is 17.5 Å². The van der Waals surface area contributed by atoms with Crippen LogP contribution in [0.1, 0.15) is 56.3 Å². The van der Waals surface area contributed by atoms with Crippen LogP contribution in [0.3, 0.4) is 0 Å². The Kier molecular flexibility index (Phi) is 6.55. The van der Waals surface area contributed by atoms with E-state index < -0.39 is 23.4 Å². The Labute approximate surface area is 117 Å². The third-order valence-electron chi connectivity index (χ3n) is 3.12. The predicted octanol–water partition coefficient (Wildman–Crippen LogP) is 4.19. The highest BCUT2D eigenvalue weighted by Gasteiger charge is 2.17. The second-order valence-corrected chi connectivity index (χ2v) is 4.86. The Hall–Kier alpha value is -1.52. The molecule has 1 aromatic rings. The van der Waals surface area contributed by atoms with Gasteiger partial charge >= 0.3 is 0 Å². The van der Waals surface area contributed by atoms with E-state index in [0.717, 1.165) is 44.2 Å². The van der Waals surface area contributed by atoms with Crippen LogP contribution in [0.2, 0.25) is 0 Å². The molecule has 1 rings (SSSR count). The summed E-state index contributed by atoms with van der Waals surface area (Å²) in [7, 11) is 0. The maximum atomic E-state index is 13.1. The molecule has 1 N–H and O–H groups in total. The number of unbranched alkanes of at least 4 members (excludes halogenated alkanes) is 1. The average molecular weight is 287 g/mol. The molecule has 112 valence electrons. The summed E-state index contributed by atoms with van der Waals surface area (Å²) in [6, 6.07) is 1.41. The van der Waals surface area contributed by atoms with Gasteiger partial charge in [0.2, 0.25) is 0 Å². The van der Waals surface area contributed by atoms with Crippen LogP contribution in [0.15, 0.2) is 12.1 Å². The van der Waals surface area contributed by atoms with E-state index in [4.69, 9.17) is 0 Å². The van der Waals surface area contributed by atoms with E-state index in [1.165, 1.54) is 0 Å². The molecule has 1 amide bonds. The molecule has 1 atom stereocenters. The minimum atomic E-state index is -1.56. The lowest BCUT2D eigenvalue weighted by atomic mass is 10.0. The first-order chi connectivity index (χ1) is 9.49. The van der Waals surface area contributed by atoms with Crippen molar-refractivity contribution in [1.82, 2.24) is 5.32 Å².